The molecule has 0 aliphatic heterocycles. The SMILES string of the molecule is CCCCOc1c(C)cc(NC(=O)C2(c3ccc(F)cc3)CCCCC2)cc1C. The molecule has 0 saturated heterocycles. The number of amides is 1. The summed E-state index contributed by atoms with van der Waals surface area (Å²) in [5.41, 5.74) is 3.15. The highest BCUT2D eigenvalue weighted by atomic mass is 19.1. The molecule has 1 N–H and O–H groups in total. The molecular formula is C25H32FNO2. The molecule has 2 aromatic rings. The number of carbonyl (C=O) groups excluding carboxylic acids is 1. The first-order valence-electron chi connectivity index (χ1n) is 10.8. The van der Waals surface area contributed by atoms with Crippen molar-refractivity contribution in [3.63, 3.8) is 0 Å². The lowest BCUT2D eigenvalue weighted by molar-refractivity contribution is -0.122. The Bertz CT molecular complexity index is 815. The minimum Gasteiger partial charge on any atom is -0.493 e. The maximum Gasteiger partial charge on any atom is 0.235 e. The third kappa shape index (κ3) is 4.80. The van der Waals surface area contributed by atoms with Gasteiger partial charge in [-0.15, -0.1) is 0 Å². The average Bonchev–Trinajstić information content (AvgIpc) is 2.71. The second-order valence-corrected chi connectivity index (χ2v) is 8.24. The van der Waals surface area contributed by atoms with Crippen molar-refractivity contribution >= 4 is 11.6 Å². The molecule has 29 heavy (non-hydrogen) atoms. The summed E-state index contributed by atoms with van der Waals surface area (Å²) in [4.78, 5) is 13.5. The van der Waals surface area contributed by atoms with Gasteiger partial charge >= 0.3 is 0 Å². The van der Waals surface area contributed by atoms with Crippen molar-refractivity contribution in [2.75, 3.05) is 11.9 Å². The quantitative estimate of drug-likeness (QED) is 0.544. The molecule has 0 atom stereocenters. The Balaban J connectivity index is 1.84. The number of carbonyl (C=O) groups is 1. The van der Waals surface area contributed by atoms with E-state index in [1.165, 1.54) is 12.1 Å². The molecule has 1 saturated carbocycles. The van der Waals surface area contributed by atoms with Crippen molar-refractivity contribution in [1.29, 1.82) is 0 Å². The molecule has 0 spiro atoms. The molecule has 2 aromatic carbocycles. The van der Waals surface area contributed by atoms with E-state index in [-0.39, 0.29) is 11.7 Å². The van der Waals surface area contributed by atoms with Crippen molar-refractivity contribution in [3.8, 4) is 5.75 Å². The number of ether oxygens (including phenoxy) is 1. The van der Waals surface area contributed by atoms with E-state index in [9.17, 15) is 9.18 Å². The summed E-state index contributed by atoms with van der Waals surface area (Å²) in [6, 6.07) is 10.4. The van der Waals surface area contributed by atoms with Gasteiger partial charge in [0.1, 0.15) is 11.6 Å². The Kier molecular flexibility index (Phi) is 6.94. The molecule has 1 aliphatic carbocycles. The minimum absolute atomic E-state index is 0.00209. The van der Waals surface area contributed by atoms with Crippen molar-refractivity contribution in [3.05, 3.63) is 58.9 Å². The fraction of sp³-hybridized carbons (Fsp3) is 0.480. The van der Waals surface area contributed by atoms with Crippen molar-refractivity contribution in [2.24, 2.45) is 0 Å². The highest BCUT2D eigenvalue weighted by Gasteiger charge is 2.41. The van der Waals surface area contributed by atoms with Crippen LogP contribution in [0.4, 0.5) is 10.1 Å². The van der Waals surface area contributed by atoms with Gasteiger partial charge in [0.25, 0.3) is 0 Å². The number of halogens is 1. The van der Waals surface area contributed by atoms with Gasteiger partial charge < -0.3 is 10.1 Å². The monoisotopic (exact) mass is 397 g/mol. The van der Waals surface area contributed by atoms with Gasteiger partial charge in [0.15, 0.2) is 0 Å². The van der Waals surface area contributed by atoms with E-state index < -0.39 is 5.41 Å². The maximum absolute atomic E-state index is 13.5. The van der Waals surface area contributed by atoms with E-state index in [0.717, 1.165) is 73.1 Å². The number of unbranched alkanes of at least 4 members (excludes halogenated alkanes) is 1. The summed E-state index contributed by atoms with van der Waals surface area (Å²) in [6.45, 7) is 6.88. The molecule has 1 fully saturated rings. The van der Waals surface area contributed by atoms with Crippen LogP contribution < -0.4 is 10.1 Å². The van der Waals surface area contributed by atoms with Crippen molar-refractivity contribution < 1.29 is 13.9 Å². The molecule has 1 amide bonds. The van der Waals surface area contributed by atoms with E-state index >= 15 is 0 Å². The molecule has 0 unspecified atom stereocenters. The largest absolute Gasteiger partial charge is 0.493 e. The molecule has 0 radical (unpaired) electrons. The number of rotatable bonds is 7. The van der Waals surface area contributed by atoms with Crippen molar-refractivity contribution in [1.82, 2.24) is 0 Å². The number of aryl methyl sites for hydroxylation is 2. The molecule has 0 heterocycles. The lowest BCUT2D eigenvalue weighted by Crippen LogP contribution is -2.42. The van der Waals surface area contributed by atoms with Crippen LogP contribution in [0.1, 0.15) is 68.6 Å². The first kappa shape index (κ1) is 21.4. The van der Waals surface area contributed by atoms with Crippen LogP contribution in [0.3, 0.4) is 0 Å². The van der Waals surface area contributed by atoms with Crippen LogP contribution in [0.5, 0.6) is 5.75 Å². The average molecular weight is 398 g/mol. The summed E-state index contributed by atoms with van der Waals surface area (Å²) in [5.74, 6) is 0.634. The molecule has 0 bridgehead atoms. The van der Waals surface area contributed by atoms with E-state index in [1.54, 1.807) is 12.1 Å². The van der Waals surface area contributed by atoms with E-state index in [1.807, 2.05) is 26.0 Å². The Morgan fingerprint density at radius 2 is 1.69 bits per heavy atom. The molecule has 3 rings (SSSR count). The van der Waals surface area contributed by atoms with Crippen LogP contribution in [-0.4, -0.2) is 12.5 Å². The third-order valence-electron chi connectivity index (χ3n) is 6.00. The first-order chi connectivity index (χ1) is 14.0. The zero-order valence-electron chi connectivity index (χ0n) is 17.8. The first-order valence-corrected chi connectivity index (χ1v) is 10.8. The predicted octanol–water partition coefficient (Wildman–Crippen LogP) is 6.46. The second-order valence-electron chi connectivity index (χ2n) is 8.24. The summed E-state index contributed by atoms with van der Waals surface area (Å²) in [5, 5.41) is 3.15. The van der Waals surface area contributed by atoms with Crippen LogP contribution in [0.15, 0.2) is 36.4 Å². The number of anilines is 1. The van der Waals surface area contributed by atoms with E-state index in [2.05, 4.69) is 12.2 Å². The summed E-state index contributed by atoms with van der Waals surface area (Å²) < 4.78 is 19.4. The van der Waals surface area contributed by atoms with Gasteiger partial charge in [-0.2, -0.15) is 0 Å². The topological polar surface area (TPSA) is 38.3 Å². The van der Waals surface area contributed by atoms with Crippen LogP contribution in [0, 0.1) is 19.7 Å². The number of benzene rings is 2. The third-order valence-corrected chi connectivity index (χ3v) is 6.00. The molecule has 4 heteroatoms. The molecule has 1 aliphatic rings. The fourth-order valence-corrected chi connectivity index (χ4v) is 4.39. The Labute approximate surface area is 173 Å². The smallest absolute Gasteiger partial charge is 0.235 e. The standard InChI is InChI=1S/C25H32FNO2/c1-4-5-15-29-23-18(2)16-22(17-19(23)3)27-24(28)25(13-7-6-8-14-25)20-9-11-21(26)12-10-20/h9-12,16-17H,4-8,13-15H2,1-3H3,(H,27,28). The highest BCUT2D eigenvalue weighted by molar-refractivity contribution is 5.99. The van der Waals surface area contributed by atoms with Crippen LogP contribution in [0.2, 0.25) is 0 Å². The van der Waals surface area contributed by atoms with E-state index in [4.69, 9.17) is 4.74 Å². The second kappa shape index (κ2) is 9.43. The Hall–Kier alpha value is -2.36. The van der Waals surface area contributed by atoms with Gasteiger partial charge in [0, 0.05) is 5.69 Å². The lowest BCUT2D eigenvalue weighted by Gasteiger charge is -2.36. The van der Waals surface area contributed by atoms with Gasteiger partial charge in [0.05, 0.1) is 12.0 Å². The Morgan fingerprint density at radius 1 is 1.07 bits per heavy atom. The van der Waals surface area contributed by atoms with Crippen LogP contribution in [0.25, 0.3) is 0 Å². The van der Waals surface area contributed by atoms with Crippen molar-refractivity contribution in [2.45, 2.75) is 71.1 Å². The molecule has 3 nitrogen and oxygen atoms in total. The van der Waals surface area contributed by atoms with E-state index in [0.29, 0.717) is 6.61 Å². The number of nitrogens with one attached hydrogen (secondary N) is 1. The summed E-state index contributed by atoms with van der Waals surface area (Å²) in [7, 11) is 0. The molecule has 156 valence electrons. The molecular weight excluding hydrogens is 365 g/mol. The lowest BCUT2D eigenvalue weighted by atomic mass is 9.68. The molecule has 0 aromatic heterocycles. The minimum atomic E-state index is -0.593. The fourth-order valence-electron chi connectivity index (χ4n) is 4.39. The summed E-state index contributed by atoms with van der Waals surface area (Å²) in [6.07, 6.45) is 6.86. The van der Waals surface area contributed by atoms with Gasteiger partial charge in [-0.05, 0) is 74.1 Å². The van der Waals surface area contributed by atoms with Gasteiger partial charge in [-0.25, -0.2) is 4.39 Å². The normalized spacial score (nSPS) is 15.7. The van der Waals surface area contributed by atoms with Crippen LogP contribution >= 0.6 is 0 Å². The highest BCUT2D eigenvalue weighted by Crippen LogP contribution is 2.41. The maximum atomic E-state index is 13.5. The van der Waals surface area contributed by atoms with Gasteiger partial charge in [0.2, 0.25) is 5.91 Å². The number of hydrogen-bond acceptors (Lipinski definition) is 2. The predicted molar refractivity (Wildman–Crippen MR) is 116 cm³/mol. The Morgan fingerprint density at radius 3 is 2.28 bits per heavy atom. The zero-order valence-corrected chi connectivity index (χ0v) is 17.8. The zero-order chi connectivity index (χ0) is 20.9. The number of hydrogen-bond donors (Lipinski definition) is 1. The van der Waals surface area contributed by atoms with Crippen LogP contribution in [-0.2, 0) is 10.2 Å². The summed E-state index contributed by atoms with van der Waals surface area (Å²) >= 11 is 0. The van der Waals surface area contributed by atoms with Gasteiger partial charge in [-0.1, -0.05) is 44.7 Å². The van der Waals surface area contributed by atoms with Gasteiger partial charge in [-0.3, -0.25) is 4.79 Å².